The number of pyridine rings is 2. The molecular formula is C51H57F3N12O7. The molecule has 384 valence electrons. The molecule has 0 radical (unpaired) electrons. The third kappa shape index (κ3) is 11.7. The lowest BCUT2D eigenvalue weighted by atomic mass is 9.88. The predicted octanol–water partition coefficient (Wildman–Crippen LogP) is 6.03. The van der Waals surface area contributed by atoms with Gasteiger partial charge in [0, 0.05) is 98.8 Å². The minimum absolute atomic E-state index is 0.117. The van der Waals surface area contributed by atoms with Crippen LogP contribution < -0.4 is 24.6 Å². The maximum Gasteiger partial charge on any atom is 0.446 e. The number of aliphatic hydroxyl groups excluding tert-OH is 2. The minimum atomic E-state index is -4.64. The number of benzene rings is 2. The number of piperidine rings is 2. The Bertz CT molecular complexity index is 3040. The zero-order valence-corrected chi connectivity index (χ0v) is 41.5. The molecule has 12 rings (SSSR count). The van der Waals surface area contributed by atoms with Gasteiger partial charge in [-0.15, -0.1) is 0 Å². The summed E-state index contributed by atoms with van der Waals surface area (Å²) in [7, 11) is 3.59. The summed E-state index contributed by atoms with van der Waals surface area (Å²) < 4.78 is 51.7. The Labute approximate surface area is 419 Å². The smallest absolute Gasteiger partial charge is 0.446 e. The molecule has 73 heavy (non-hydrogen) atoms. The molecule has 0 spiro atoms. The molecule has 3 N–H and O–H groups in total. The number of anilines is 2. The molecule has 4 bridgehead atoms. The molecule has 0 aliphatic carbocycles. The van der Waals surface area contributed by atoms with Gasteiger partial charge in [-0.2, -0.15) is 33.9 Å². The first-order valence-electron chi connectivity index (χ1n) is 23.8. The number of nitriles is 2. The third-order valence-electron chi connectivity index (χ3n) is 12.7. The van der Waals surface area contributed by atoms with Crippen molar-refractivity contribution in [3.63, 3.8) is 0 Å². The van der Waals surface area contributed by atoms with E-state index in [0.29, 0.717) is 48.1 Å². The third-order valence-corrected chi connectivity index (χ3v) is 12.7. The molecular weight excluding hydrogens is 950 g/mol. The van der Waals surface area contributed by atoms with E-state index in [-0.39, 0.29) is 31.4 Å². The van der Waals surface area contributed by atoms with Crippen LogP contribution in [0.15, 0.2) is 60.9 Å². The van der Waals surface area contributed by atoms with E-state index >= 15 is 0 Å². The predicted molar refractivity (Wildman–Crippen MR) is 264 cm³/mol. The highest BCUT2D eigenvalue weighted by Gasteiger charge is 2.49. The largest absolute Gasteiger partial charge is 0.491 e. The van der Waals surface area contributed by atoms with Gasteiger partial charge in [-0.25, -0.2) is 14.8 Å². The Hall–Kier alpha value is -7.53. The fourth-order valence-electron chi connectivity index (χ4n) is 9.50. The maximum atomic E-state index is 12.6. The minimum Gasteiger partial charge on any atom is -0.491 e. The molecule has 6 fully saturated rings. The number of carbonyl (C=O) groups is 2. The second-order valence-electron chi connectivity index (χ2n) is 19.7. The number of halogens is 3. The number of aromatic nitrogens is 6. The topological polar surface area (TPSA) is 233 Å². The van der Waals surface area contributed by atoms with Crippen molar-refractivity contribution in [2.24, 2.45) is 14.1 Å². The van der Waals surface area contributed by atoms with E-state index in [1.807, 2.05) is 87.4 Å². The number of ether oxygens (including phenoxy) is 3. The molecule has 2 aromatic carbocycles. The van der Waals surface area contributed by atoms with E-state index in [2.05, 4.69) is 37.5 Å². The van der Waals surface area contributed by atoms with Gasteiger partial charge in [0.25, 0.3) is 0 Å². The first-order valence-corrected chi connectivity index (χ1v) is 23.8. The molecule has 6 aromatic rings. The number of hydrogen-bond donors (Lipinski definition) is 3. The van der Waals surface area contributed by atoms with Gasteiger partial charge in [-0.05, 0) is 95.0 Å². The summed E-state index contributed by atoms with van der Waals surface area (Å²) in [6.45, 7) is 12.7. The van der Waals surface area contributed by atoms with Crippen molar-refractivity contribution in [1.82, 2.24) is 39.7 Å². The normalized spacial score (nSPS) is 19.7. The van der Waals surface area contributed by atoms with Crippen LogP contribution in [-0.4, -0.2) is 145 Å². The lowest BCUT2D eigenvalue weighted by molar-refractivity contribution is -0.156. The van der Waals surface area contributed by atoms with Gasteiger partial charge in [0.1, 0.15) is 54.1 Å². The number of fused-ring (bicyclic) bond motifs is 6. The lowest BCUT2D eigenvalue weighted by Crippen LogP contribution is -2.70. The number of rotatable bonds is 10. The standard InChI is InChI=1S/C27H32N6O4.C22H24N6O2.C2HF3O/c1-16(34)15-36-20-9-21(25-22(11-28)30-31(5)23(25)10-20)17-6-7-24(29-12-17)32-13-18-8-19(14-32)33(18)26(35)37-27(2,3)4;1-13(29)12-30-17-6-18(22-19(8-23)26-27(2)20(22)7-17)14-3-4-21(24-9-14)28-10-15-5-16(11-28)25-15;3-2(4,5)1-6/h6-7,9-10,12,16,18-19,34H,8,13-15H2,1-5H3;3-4,6-7,9,13,15-16,25,29H,5,10-12H2,1-2H3;1H/t16-,18?,19?;13-,15?,16?;/m11./s1. The molecule has 4 unspecified atom stereocenters. The van der Waals surface area contributed by atoms with Crippen molar-refractivity contribution in [3.8, 4) is 45.9 Å². The van der Waals surface area contributed by atoms with Gasteiger partial charge >= 0.3 is 12.3 Å². The summed E-state index contributed by atoms with van der Waals surface area (Å²) in [6.07, 6.45) is -1.25. The van der Waals surface area contributed by atoms with Crippen LogP contribution in [0.5, 0.6) is 11.5 Å². The Morgan fingerprint density at radius 2 is 1.19 bits per heavy atom. The van der Waals surface area contributed by atoms with Gasteiger partial charge in [0.05, 0.1) is 35.3 Å². The van der Waals surface area contributed by atoms with Crippen LogP contribution in [-0.2, 0) is 23.6 Å². The van der Waals surface area contributed by atoms with Crippen molar-refractivity contribution in [2.75, 3.05) is 49.2 Å². The van der Waals surface area contributed by atoms with Crippen molar-refractivity contribution < 1.29 is 47.2 Å². The SMILES string of the molecule is C[C@@H](O)COc1cc(-c2ccc(N3CC4CC(C3)N4)nc2)c2c(C#N)nn(C)c2c1.C[C@@H](O)COc1cc(-c2ccc(N3CC4CC(C3)N4C(=O)OC(C)(C)C)nc2)c2c(C#N)nn(C)c2c1.O=CC(F)(F)F. The number of nitrogens with one attached hydrogen (secondary N) is 1. The van der Waals surface area contributed by atoms with Crippen LogP contribution in [0.25, 0.3) is 44.1 Å². The van der Waals surface area contributed by atoms with Crippen molar-refractivity contribution in [3.05, 3.63) is 72.3 Å². The molecule has 6 aliphatic heterocycles. The molecule has 22 heteroatoms. The number of aryl methyl sites for hydroxylation is 2. The Kier molecular flexibility index (Phi) is 14.8. The number of alkyl halides is 3. The lowest BCUT2D eigenvalue weighted by Gasteiger charge is -2.56. The molecule has 10 heterocycles. The van der Waals surface area contributed by atoms with E-state index in [1.54, 1.807) is 36.5 Å². The van der Waals surface area contributed by atoms with Crippen LogP contribution in [0.3, 0.4) is 0 Å². The van der Waals surface area contributed by atoms with Crippen molar-refractivity contribution in [2.45, 2.75) is 95.6 Å². The van der Waals surface area contributed by atoms with E-state index in [9.17, 15) is 38.7 Å². The highest BCUT2D eigenvalue weighted by Crippen LogP contribution is 2.39. The molecule has 6 saturated heterocycles. The zero-order valence-electron chi connectivity index (χ0n) is 41.5. The first-order chi connectivity index (χ1) is 34.6. The highest BCUT2D eigenvalue weighted by molar-refractivity contribution is 6.00. The summed E-state index contributed by atoms with van der Waals surface area (Å²) in [6, 6.07) is 21.2. The van der Waals surface area contributed by atoms with Gasteiger partial charge < -0.3 is 39.5 Å². The van der Waals surface area contributed by atoms with Gasteiger partial charge in [-0.1, -0.05) is 0 Å². The summed E-state index contributed by atoms with van der Waals surface area (Å²) >= 11 is 0. The number of amides is 1. The first kappa shape index (κ1) is 51.8. The van der Waals surface area contributed by atoms with Crippen LogP contribution in [0.1, 0.15) is 58.8 Å². The van der Waals surface area contributed by atoms with E-state index < -0.39 is 30.3 Å². The summed E-state index contributed by atoms with van der Waals surface area (Å²) in [5.74, 6) is 3.02. The van der Waals surface area contributed by atoms with Crippen molar-refractivity contribution in [1.29, 1.82) is 10.5 Å². The van der Waals surface area contributed by atoms with Crippen LogP contribution >= 0.6 is 0 Å². The van der Waals surface area contributed by atoms with E-state index in [0.717, 1.165) is 75.2 Å². The molecule has 0 saturated carbocycles. The number of aldehydes is 1. The molecule has 6 aliphatic rings. The van der Waals surface area contributed by atoms with Crippen LogP contribution in [0, 0.1) is 22.7 Å². The number of nitrogens with zero attached hydrogens (tertiary/aromatic N) is 11. The van der Waals surface area contributed by atoms with Gasteiger partial charge in [-0.3, -0.25) is 19.1 Å². The molecule has 1 amide bonds. The maximum absolute atomic E-state index is 12.6. The Morgan fingerprint density at radius 1 is 0.767 bits per heavy atom. The number of piperazine rings is 2. The Morgan fingerprint density at radius 3 is 1.55 bits per heavy atom. The summed E-state index contributed by atoms with van der Waals surface area (Å²) in [4.78, 5) is 37.1. The Balaban J connectivity index is 0.000000178. The summed E-state index contributed by atoms with van der Waals surface area (Å²) in [5.41, 5.74) is 5.12. The fraction of sp³-hybridized carbons (Fsp3) is 0.451. The molecule has 6 atom stereocenters. The number of carbonyl (C=O) groups excluding carboxylic acids is 2. The monoisotopic (exact) mass is 1010 g/mol. The average Bonchev–Trinajstić information content (AvgIpc) is 3.86. The second-order valence-corrected chi connectivity index (χ2v) is 19.7. The molecule has 4 aromatic heterocycles. The zero-order chi connectivity index (χ0) is 52.5. The van der Waals surface area contributed by atoms with E-state index in [1.165, 1.54) is 6.42 Å². The molecule has 19 nitrogen and oxygen atoms in total. The second kappa shape index (κ2) is 20.9. The number of hydrogen-bond acceptors (Lipinski definition) is 16. The average molecular weight is 1010 g/mol. The summed E-state index contributed by atoms with van der Waals surface area (Å²) in [5, 5.41) is 52.3. The number of aliphatic hydroxyl groups is 2. The van der Waals surface area contributed by atoms with E-state index in [4.69, 9.17) is 29.0 Å². The van der Waals surface area contributed by atoms with Crippen LogP contribution in [0.4, 0.5) is 29.6 Å². The van der Waals surface area contributed by atoms with Crippen molar-refractivity contribution >= 4 is 45.8 Å². The van der Waals surface area contributed by atoms with Gasteiger partial charge in [0.2, 0.25) is 6.29 Å². The quantitative estimate of drug-likeness (QED) is 0.133. The highest BCUT2D eigenvalue weighted by atomic mass is 19.4. The van der Waals surface area contributed by atoms with Crippen LogP contribution in [0.2, 0.25) is 0 Å². The fourth-order valence-corrected chi connectivity index (χ4v) is 9.50. The van der Waals surface area contributed by atoms with Gasteiger partial charge in [0.15, 0.2) is 11.4 Å².